The van der Waals surface area contributed by atoms with Crippen LogP contribution >= 0.6 is 34.7 Å². The monoisotopic (exact) mass is 459 g/mol. The van der Waals surface area contributed by atoms with E-state index in [9.17, 15) is 13.2 Å². The minimum atomic E-state index is -3.75. The van der Waals surface area contributed by atoms with Gasteiger partial charge in [0.1, 0.15) is 4.90 Å². The predicted molar refractivity (Wildman–Crippen MR) is 115 cm³/mol. The number of amides is 1. The molecule has 10 heteroatoms. The Morgan fingerprint density at radius 1 is 1.25 bits per heavy atom. The molecule has 1 N–H and O–H groups in total. The molecule has 0 bridgehead atoms. The van der Waals surface area contributed by atoms with Crippen molar-refractivity contribution in [3.8, 4) is 0 Å². The first-order chi connectivity index (χ1) is 13.3. The summed E-state index contributed by atoms with van der Waals surface area (Å²) in [6.07, 6.45) is 5.66. The molecule has 1 aromatic carbocycles. The van der Waals surface area contributed by atoms with E-state index >= 15 is 0 Å². The second kappa shape index (κ2) is 9.13. The van der Waals surface area contributed by atoms with Gasteiger partial charge in [0, 0.05) is 18.7 Å². The van der Waals surface area contributed by atoms with Crippen LogP contribution in [-0.4, -0.2) is 43.0 Å². The van der Waals surface area contributed by atoms with Crippen molar-refractivity contribution in [2.24, 2.45) is 0 Å². The van der Waals surface area contributed by atoms with Crippen molar-refractivity contribution in [2.75, 3.05) is 24.7 Å². The molecule has 1 aromatic heterocycles. The Hall–Kier alpha value is -1.13. The third-order valence-corrected chi connectivity index (χ3v) is 9.20. The number of sulfonamides is 1. The van der Waals surface area contributed by atoms with Gasteiger partial charge in [0.05, 0.1) is 14.9 Å². The minimum absolute atomic E-state index is 0.0242. The van der Waals surface area contributed by atoms with Gasteiger partial charge in [-0.3, -0.25) is 10.1 Å². The van der Waals surface area contributed by atoms with E-state index in [4.69, 9.17) is 11.6 Å². The lowest BCUT2D eigenvalue weighted by atomic mass is 10.2. The number of thiazole rings is 1. The molecular formula is C18H22ClN3O3S3. The van der Waals surface area contributed by atoms with Crippen molar-refractivity contribution in [1.29, 1.82) is 0 Å². The standard InChI is InChI=1S/C18H22ClN3O3S3/c1-12-17(26-2)27-18(20-12)21-16(23)13-7-8-14(19)15(11-13)28(24,25)22-9-5-3-4-6-10-22/h7-8,11H,3-6,9-10H2,1-2H3,(H,20,21,23). The second-order valence-electron chi connectivity index (χ2n) is 6.51. The van der Waals surface area contributed by atoms with Crippen LogP contribution < -0.4 is 5.32 Å². The number of carbonyl (C=O) groups is 1. The molecule has 0 saturated carbocycles. The number of nitrogens with zero attached hydrogens (tertiary/aromatic N) is 2. The maximum Gasteiger partial charge on any atom is 0.257 e. The second-order valence-corrected chi connectivity index (χ2v) is 10.9. The first-order valence-electron chi connectivity index (χ1n) is 8.95. The lowest BCUT2D eigenvalue weighted by Gasteiger charge is -2.21. The molecule has 2 aromatic rings. The Bertz CT molecular complexity index is 968. The number of benzene rings is 1. The highest BCUT2D eigenvalue weighted by Crippen LogP contribution is 2.31. The number of anilines is 1. The van der Waals surface area contributed by atoms with Crippen molar-refractivity contribution in [1.82, 2.24) is 9.29 Å². The lowest BCUT2D eigenvalue weighted by molar-refractivity contribution is 0.102. The number of hydrogen-bond acceptors (Lipinski definition) is 6. The first-order valence-corrected chi connectivity index (χ1v) is 12.8. The molecule has 152 valence electrons. The van der Waals surface area contributed by atoms with Crippen LogP contribution in [0.3, 0.4) is 0 Å². The van der Waals surface area contributed by atoms with E-state index in [2.05, 4.69) is 10.3 Å². The molecule has 28 heavy (non-hydrogen) atoms. The summed E-state index contributed by atoms with van der Waals surface area (Å²) in [5.41, 5.74) is 1.09. The highest BCUT2D eigenvalue weighted by Gasteiger charge is 2.28. The average Bonchev–Trinajstić information content (AvgIpc) is 2.86. The predicted octanol–water partition coefficient (Wildman–Crippen LogP) is 4.64. The summed E-state index contributed by atoms with van der Waals surface area (Å²) < 4.78 is 28.6. The number of aromatic nitrogens is 1. The van der Waals surface area contributed by atoms with Crippen LogP contribution in [0.1, 0.15) is 41.7 Å². The summed E-state index contributed by atoms with van der Waals surface area (Å²) in [5.74, 6) is -0.412. The molecule has 1 amide bonds. The van der Waals surface area contributed by atoms with E-state index in [0.717, 1.165) is 35.6 Å². The van der Waals surface area contributed by atoms with Crippen LogP contribution in [0.2, 0.25) is 5.02 Å². The Morgan fingerprint density at radius 2 is 1.93 bits per heavy atom. The van der Waals surface area contributed by atoms with E-state index in [1.54, 1.807) is 11.8 Å². The fraction of sp³-hybridized carbons (Fsp3) is 0.444. The molecular weight excluding hydrogens is 438 g/mol. The Labute approximate surface area is 178 Å². The van der Waals surface area contributed by atoms with Gasteiger partial charge in [-0.25, -0.2) is 13.4 Å². The van der Waals surface area contributed by atoms with E-state index in [0.29, 0.717) is 18.2 Å². The van der Waals surface area contributed by atoms with E-state index < -0.39 is 15.9 Å². The maximum absolute atomic E-state index is 13.1. The Kier molecular flexibility index (Phi) is 7.03. The van der Waals surface area contributed by atoms with Crippen molar-refractivity contribution in [3.63, 3.8) is 0 Å². The van der Waals surface area contributed by atoms with Crippen LogP contribution in [-0.2, 0) is 10.0 Å². The van der Waals surface area contributed by atoms with Gasteiger partial charge in [-0.05, 0) is 44.2 Å². The Balaban J connectivity index is 1.86. The van der Waals surface area contributed by atoms with Crippen molar-refractivity contribution >= 4 is 55.8 Å². The fourth-order valence-electron chi connectivity index (χ4n) is 3.06. The van der Waals surface area contributed by atoms with Gasteiger partial charge in [-0.15, -0.1) is 11.8 Å². The van der Waals surface area contributed by atoms with Crippen LogP contribution in [0.4, 0.5) is 5.13 Å². The van der Waals surface area contributed by atoms with Gasteiger partial charge in [0.15, 0.2) is 5.13 Å². The van der Waals surface area contributed by atoms with Crippen LogP contribution in [0.5, 0.6) is 0 Å². The van der Waals surface area contributed by atoms with Gasteiger partial charge in [-0.2, -0.15) is 4.31 Å². The van der Waals surface area contributed by atoms with E-state index in [-0.39, 0.29) is 15.5 Å². The molecule has 0 aliphatic carbocycles. The number of rotatable bonds is 5. The summed E-state index contributed by atoms with van der Waals surface area (Å²) in [4.78, 5) is 17.0. The summed E-state index contributed by atoms with van der Waals surface area (Å²) in [5, 5.41) is 3.35. The van der Waals surface area contributed by atoms with E-state index in [1.165, 1.54) is 33.8 Å². The number of hydrogen-bond donors (Lipinski definition) is 1. The van der Waals surface area contributed by atoms with Crippen LogP contribution in [0, 0.1) is 6.92 Å². The van der Waals surface area contributed by atoms with Gasteiger partial charge >= 0.3 is 0 Å². The normalized spacial score (nSPS) is 16.0. The average molecular weight is 460 g/mol. The van der Waals surface area contributed by atoms with Crippen molar-refractivity contribution in [3.05, 3.63) is 34.5 Å². The van der Waals surface area contributed by atoms with Gasteiger partial charge in [-0.1, -0.05) is 35.8 Å². The number of halogens is 1. The summed E-state index contributed by atoms with van der Waals surface area (Å²) in [6, 6.07) is 4.34. The summed E-state index contributed by atoms with van der Waals surface area (Å²) >= 11 is 9.15. The molecule has 2 heterocycles. The molecule has 1 aliphatic rings. The molecule has 0 radical (unpaired) electrons. The number of carbonyl (C=O) groups excluding carboxylic acids is 1. The topological polar surface area (TPSA) is 79.4 Å². The lowest BCUT2D eigenvalue weighted by Crippen LogP contribution is -2.32. The van der Waals surface area contributed by atoms with Gasteiger partial charge in [0.2, 0.25) is 10.0 Å². The molecule has 3 rings (SSSR count). The van der Waals surface area contributed by atoms with E-state index in [1.807, 2.05) is 13.2 Å². The van der Waals surface area contributed by atoms with Crippen molar-refractivity contribution in [2.45, 2.75) is 41.7 Å². The van der Waals surface area contributed by atoms with Crippen LogP contribution in [0.15, 0.2) is 27.3 Å². The zero-order chi connectivity index (χ0) is 20.3. The SMILES string of the molecule is CSc1sc(NC(=O)c2ccc(Cl)c(S(=O)(=O)N3CCCCCC3)c2)nc1C. The molecule has 1 aliphatic heterocycles. The highest BCUT2D eigenvalue weighted by atomic mass is 35.5. The largest absolute Gasteiger partial charge is 0.298 e. The number of thioether (sulfide) groups is 1. The van der Waals surface area contributed by atoms with Gasteiger partial charge < -0.3 is 0 Å². The first kappa shape index (κ1) is 21.6. The number of aryl methyl sites for hydroxylation is 1. The molecule has 0 unspecified atom stereocenters. The third kappa shape index (κ3) is 4.71. The van der Waals surface area contributed by atoms with Gasteiger partial charge in [0.25, 0.3) is 5.91 Å². The summed E-state index contributed by atoms with van der Waals surface area (Å²) in [6.45, 7) is 2.84. The zero-order valence-electron chi connectivity index (χ0n) is 15.7. The molecule has 6 nitrogen and oxygen atoms in total. The van der Waals surface area contributed by atoms with Crippen molar-refractivity contribution < 1.29 is 13.2 Å². The molecule has 0 atom stereocenters. The smallest absolute Gasteiger partial charge is 0.257 e. The molecule has 0 spiro atoms. The quantitative estimate of drug-likeness (QED) is 0.658. The zero-order valence-corrected chi connectivity index (χ0v) is 18.9. The van der Waals surface area contributed by atoms with Crippen LogP contribution in [0.25, 0.3) is 0 Å². The molecule has 1 fully saturated rings. The molecule has 1 saturated heterocycles. The Morgan fingerprint density at radius 3 is 2.54 bits per heavy atom. The summed E-state index contributed by atoms with van der Waals surface area (Å²) in [7, 11) is -3.75. The maximum atomic E-state index is 13.1. The highest BCUT2D eigenvalue weighted by molar-refractivity contribution is 8.00. The minimum Gasteiger partial charge on any atom is -0.298 e. The fourth-order valence-corrected chi connectivity index (χ4v) is 6.68. The number of nitrogens with one attached hydrogen (secondary N) is 1. The third-order valence-electron chi connectivity index (χ3n) is 4.54.